The molecule has 0 N–H and O–H groups in total. The zero-order valence-corrected chi connectivity index (χ0v) is 14.9. The van der Waals surface area contributed by atoms with Crippen molar-refractivity contribution in [2.75, 3.05) is 0 Å². The van der Waals surface area contributed by atoms with Crippen molar-refractivity contribution in [1.29, 1.82) is 0 Å². The van der Waals surface area contributed by atoms with Crippen LogP contribution in [-0.2, 0) is 0 Å². The first-order valence-corrected chi connectivity index (χ1v) is 9.88. The normalized spacial score (nSPS) is 35.1. The molecule has 4 unspecified atom stereocenters. The highest BCUT2D eigenvalue weighted by molar-refractivity contribution is 5.36. The highest BCUT2D eigenvalue weighted by Gasteiger charge is 2.38. The van der Waals surface area contributed by atoms with Gasteiger partial charge in [0.05, 0.1) is 0 Å². The third kappa shape index (κ3) is 2.86. The van der Waals surface area contributed by atoms with Gasteiger partial charge in [0.1, 0.15) is 0 Å². The Morgan fingerprint density at radius 2 is 1.32 bits per heavy atom. The number of hydrogen-bond acceptors (Lipinski definition) is 0. The van der Waals surface area contributed by atoms with E-state index in [9.17, 15) is 0 Å². The summed E-state index contributed by atoms with van der Waals surface area (Å²) in [5, 5.41) is 0. The third-order valence-electron chi connectivity index (χ3n) is 6.91. The van der Waals surface area contributed by atoms with E-state index >= 15 is 0 Å². The molecule has 5 atom stereocenters. The van der Waals surface area contributed by atoms with Crippen LogP contribution < -0.4 is 0 Å². The molecule has 0 bridgehead atoms. The van der Waals surface area contributed by atoms with Gasteiger partial charge in [-0.25, -0.2) is 0 Å². The lowest BCUT2D eigenvalue weighted by molar-refractivity contribution is 0.385. The molecule has 0 saturated heterocycles. The fourth-order valence-corrected chi connectivity index (χ4v) is 5.68. The lowest BCUT2D eigenvalue weighted by Gasteiger charge is -2.30. The van der Waals surface area contributed by atoms with Crippen LogP contribution >= 0.6 is 0 Å². The lowest BCUT2D eigenvalue weighted by Crippen LogP contribution is -2.17. The van der Waals surface area contributed by atoms with Gasteiger partial charge in [-0.1, -0.05) is 70.7 Å². The Balaban J connectivity index is 1.96. The molecule has 1 aromatic rings. The van der Waals surface area contributed by atoms with E-state index in [1.165, 1.54) is 51.4 Å². The van der Waals surface area contributed by atoms with E-state index in [4.69, 9.17) is 0 Å². The van der Waals surface area contributed by atoms with Crippen molar-refractivity contribution in [1.82, 2.24) is 0 Å². The molecule has 22 heavy (non-hydrogen) atoms. The molecule has 0 aliphatic heterocycles. The van der Waals surface area contributed by atoms with Gasteiger partial charge in [0, 0.05) is 0 Å². The number of benzene rings is 1. The second-order valence-corrected chi connectivity index (χ2v) is 7.77. The summed E-state index contributed by atoms with van der Waals surface area (Å²) in [5.74, 6) is 4.46. The zero-order chi connectivity index (χ0) is 15.5. The number of rotatable bonds is 5. The molecule has 2 aliphatic rings. The van der Waals surface area contributed by atoms with Gasteiger partial charge in [0.2, 0.25) is 0 Å². The molecule has 2 saturated carbocycles. The van der Waals surface area contributed by atoms with Crippen molar-refractivity contribution in [3.05, 3.63) is 35.4 Å². The standard InChI is InChI=1S/C22H34/c1-4-16-10-9-13-19(16)20-11-7-8-12-21(20)22-17(5-2)14-15-18(22)6-3/h7-8,11-12,16-19,22H,4-6,9-10,13-15H2,1-3H3/t16?,17-,18?,19?,22?/m0/s1. The Hall–Kier alpha value is -0.780. The van der Waals surface area contributed by atoms with Gasteiger partial charge in [-0.3, -0.25) is 0 Å². The van der Waals surface area contributed by atoms with E-state index in [-0.39, 0.29) is 0 Å². The third-order valence-corrected chi connectivity index (χ3v) is 6.91. The maximum Gasteiger partial charge on any atom is -0.0103 e. The quantitative estimate of drug-likeness (QED) is 0.554. The molecule has 0 radical (unpaired) electrons. The minimum absolute atomic E-state index is 0.837. The van der Waals surface area contributed by atoms with Gasteiger partial charge in [0.25, 0.3) is 0 Å². The average Bonchev–Trinajstić information content (AvgIpc) is 3.20. The number of hydrogen-bond donors (Lipinski definition) is 0. The predicted molar refractivity (Wildman–Crippen MR) is 96.4 cm³/mol. The minimum Gasteiger partial charge on any atom is -0.0651 e. The fraction of sp³-hybridized carbons (Fsp3) is 0.727. The van der Waals surface area contributed by atoms with Crippen molar-refractivity contribution >= 4 is 0 Å². The minimum atomic E-state index is 0.837. The van der Waals surface area contributed by atoms with Crippen LogP contribution in [0.3, 0.4) is 0 Å². The van der Waals surface area contributed by atoms with Crippen LogP contribution in [0.15, 0.2) is 24.3 Å². The van der Waals surface area contributed by atoms with Crippen LogP contribution in [0.1, 0.15) is 95.1 Å². The Morgan fingerprint density at radius 3 is 1.91 bits per heavy atom. The van der Waals surface area contributed by atoms with Gasteiger partial charge in [-0.2, -0.15) is 0 Å². The Kier molecular flexibility index (Phi) is 5.26. The summed E-state index contributed by atoms with van der Waals surface area (Å²) in [7, 11) is 0. The largest absolute Gasteiger partial charge is 0.0651 e. The van der Waals surface area contributed by atoms with Crippen molar-refractivity contribution in [3.8, 4) is 0 Å². The zero-order valence-electron chi connectivity index (χ0n) is 14.9. The van der Waals surface area contributed by atoms with E-state index in [1.54, 1.807) is 11.1 Å². The van der Waals surface area contributed by atoms with Crippen LogP contribution in [0.2, 0.25) is 0 Å². The van der Waals surface area contributed by atoms with Crippen LogP contribution in [-0.4, -0.2) is 0 Å². The van der Waals surface area contributed by atoms with E-state index in [1.807, 2.05) is 0 Å². The van der Waals surface area contributed by atoms with E-state index < -0.39 is 0 Å². The van der Waals surface area contributed by atoms with Gasteiger partial charge >= 0.3 is 0 Å². The van der Waals surface area contributed by atoms with Crippen molar-refractivity contribution in [2.45, 2.75) is 84.0 Å². The average molecular weight is 299 g/mol. The second kappa shape index (κ2) is 7.20. The fourth-order valence-electron chi connectivity index (χ4n) is 5.68. The maximum absolute atomic E-state index is 2.49. The summed E-state index contributed by atoms with van der Waals surface area (Å²) in [5.41, 5.74) is 3.47. The lowest BCUT2D eigenvalue weighted by atomic mass is 9.75. The molecule has 3 rings (SSSR count). The highest BCUT2D eigenvalue weighted by atomic mass is 14.4. The van der Waals surface area contributed by atoms with Crippen LogP contribution in [0.4, 0.5) is 0 Å². The van der Waals surface area contributed by atoms with E-state index in [0.29, 0.717) is 0 Å². The highest BCUT2D eigenvalue weighted by Crippen LogP contribution is 2.51. The molecular formula is C22H34. The summed E-state index contributed by atoms with van der Waals surface area (Å²) >= 11 is 0. The molecule has 0 amide bonds. The van der Waals surface area contributed by atoms with Crippen molar-refractivity contribution in [2.24, 2.45) is 17.8 Å². The Labute approximate surface area is 137 Å². The van der Waals surface area contributed by atoms with Crippen LogP contribution in [0.25, 0.3) is 0 Å². The summed E-state index contributed by atoms with van der Waals surface area (Å²) in [6.45, 7) is 7.20. The topological polar surface area (TPSA) is 0 Å². The maximum atomic E-state index is 2.49. The van der Waals surface area contributed by atoms with Gasteiger partial charge < -0.3 is 0 Å². The van der Waals surface area contributed by atoms with E-state index in [0.717, 1.165) is 29.6 Å². The smallest absolute Gasteiger partial charge is 0.0103 e. The molecule has 0 nitrogen and oxygen atoms in total. The predicted octanol–water partition coefficient (Wildman–Crippen LogP) is 6.91. The first-order valence-electron chi connectivity index (χ1n) is 9.88. The first kappa shape index (κ1) is 16.1. The van der Waals surface area contributed by atoms with Crippen LogP contribution in [0.5, 0.6) is 0 Å². The molecule has 2 aliphatic carbocycles. The second-order valence-electron chi connectivity index (χ2n) is 7.77. The Morgan fingerprint density at radius 1 is 0.727 bits per heavy atom. The molecular weight excluding hydrogens is 264 g/mol. The molecule has 2 fully saturated rings. The molecule has 0 spiro atoms. The summed E-state index contributed by atoms with van der Waals surface area (Å²) < 4.78 is 0. The molecule has 0 heterocycles. The molecule has 122 valence electrons. The molecule has 1 aromatic carbocycles. The van der Waals surface area contributed by atoms with E-state index in [2.05, 4.69) is 45.0 Å². The van der Waals surface area contributed by atoms with Gasteiger partial charge in [0.15, 0.2) is 0 Å². The van der Waals surface area contributed by atoms with Crippen molar-refractivity contribution < 1.29 is 0 Å². The Bertz CT molecular complexity index is 463. The summed E-state index contributed by atoms with van der Waals surface area (Å²) in [6.07, 6.45) is 11.3. The molecule has 0 aromatic heterocycles. The summed E-state index contributed by atoms with van der Waals surface area (Å²) in [4.78, 5) is 0. The van der Waals surface area contributed by atoms with Gasteiger partial charge in [-0.15, -0.1) is 0 Å². The van der Waals surface area contributed by atoms with Gasteiger partial charge in [-0.05, 0) is 66.4 Å². The SMILES string of the molecule is CCC1CCCC1c1ccccc1C1C(CC)CC[C@@H]1CC. The first-order chi connectivity index (χ1) is 10.8. The molecule has 0 heteroatoms. The van der Waals surface area contributed by atoms with Crippen molar-refractivity contribution in [3.63, 3.8) is 0 Å². The summed E-state index contributed by atoms with van der Waals surface area (Å²) in [6, 6.07) is 9.56. The van der Waals surface area contributed by atoms with Crippen LogP contribution in [0, 0.1) is 17.8 Å². The monoisotopic (exact) mass is 298 g/mol.